The van der Waals surface area contributed by atoms with Crippen LogP contribution in [0.2, 0.25) is 0 Å². The van der Waals surface area contributed by atoms with Gasteiger partial charge in [0.2, 0.25) is 0 Å². The summed E-state index contributed by atoms with van der Waals surface area (Å²) in [5.74, 6) is -1.79. The van der Waals surface area contributed by atoms with Gasteiger partial charge in [0.1, 0.15) is 13.2 Å². The quantitative estimate of drug-likeness (QED) is 0.300. The first-order valence-corrected chi connectivity index (χ1v) is 10.6. The van der Waals surface area contributed by atoms with Crippen molar-refractivity contribution < 1.29 is 28.7 Å². The summed E-state index contributed by atoms with van der Waals surface area (Å²) in [4.78, 5) is 48.5. The number of esters is 2. The molecule has 2 aromatic carbocycles. The molecule has 0 unspecified atom stereocenters. The SMILES string of the molecule is C=C(C)C(=O)OCCNC(=O)c1ccccc1-c1ccccc1C(=O)NCCOC(=O)C(=C)C. The minimum absolute atomic E-state index is 0.00848. The Balaban J connectivity index is 2.10. The second-order valence-electron chi connectivity index (χ2n) is 7.44. The number of amides is 2. The summed E-state index contributed by atoms with van der Waals surface area (Å²) >= 11 is 0. The van der Waals surface area contributed by atoms with Crippen LogP contribution in [-0.4, -0.2) is 50.1 Å². The van der Waals surface area contributed by atoms with Gasteiger partial charge in [0.15, 0.2) is 0 Å². The highest BCUT2D eigenvalue weighted by atomic mass is 16.5. The highest BCUT2D eigenvalue weighted by Crippen LogP contribution is 2.27. The first kappa shape index (κ1) is 26.1. The van der Waals surface area contributed by atoms with Gasteiger partial charge in [-0.3, -0.25) is 9.59 Å². The first-order chi connectivity index (χ1) is 16.2. The monoisotopic (exact) mass is 464 g/mol. The Labute approximate surface area is 198 Å². The van der Waals surface area contributed by atoms with Crippen molar-refractivity contribution in [3.63, 3.8) is 0 Å². The van der Waals surface area contributed by atoms with E-state index in [0.29, 0.717) is 22.3 Å². The van der Waals surface area contributed by atoms with Crippen molar-refractivity contribution in [1.82, 2.24) is 10.6 Å². The van der Waals surface area contributed by atoms with E-state index in [1.54, 1.807) is 62.4 Å². The number of carbonyl (C=O) groups is 4. The summed E-state index contributed by atoms with van der Waals surface area (Å²) in [6, 6.07) is 13.8. The van der Waals surface area contributed by atoms with Crippen molar-refractivity contribution in [3.05, 3.63) is 84.0 Å². The van der Waals surface area contributed by atoms with E-state index < -0.39 is 11.9 Å². The second-order valence-corrected chi connectivity index (χ2v) is 7.44. The molecular weight excluding hydrogens is 436 g/mol. The van der Waals surface area contributed by atoms with Crippen LogP contribution >= 0.6 is 0 Å². The van der Waals surface area contributed by atoms with Crippen molar-refractivity contribution in [2.45, 2.75) is 13.8 Å². The van der Waals surface area contributed by atoms with E-state index in [1.165, 1.54) is 0 Å². The Morgan fingerprint density at radius 3 is 1.38 bits per heavy atom. The number of ether oxygens (including phenoxy) is 2. The minimum Gasteiger partial charge on any atom is -0.460 e. The normalized spacial score (nSPS) is 10.1. The fourth-order valence-electron chi connectivity index (χ4n) is 2.89. The molecule has 0 aliphatic heterocycles. The van der Waals surface area contributed by atoms with Gasteiger partial charge in [-0.05, 0) is 37.1 Å². The molecule has 0 heterocycles. The standard InChI is InChI=1S/C26H28N2O6/c1-17(2)25(31)33-15-13-27-23(29)21-11-7-5-9-19(21)20-10-6-8-12-22(20)24(30)28-14-16-34-26(32)18(3)4/h5-12H,1,3,13-16H2,2,4H3,(H,27,29)(H,28,30). The smallest absolute Gasteiger partial charge is 0.333 e. The maximum Gasteiger partial charge on any atom is 0.333 e. The van der Waals surface area contributed by atoms with E-state index in [2.05, 4.69) is 23.8 Å². The topological polar surface area (TPSA) is 111 Å². The van der Waals surface area contributed by atoms with Crippen molar-refractivity contribution in [2.24, 2.45) is 0 Å². The zero-order valence-electron chi connectivity index (χ0n) is 19.3. The van der Waals surface area contributed by atoms with Crippen molar-refractivity contribution >= 4 is 23.8 Å². The van der Waals surface area contributed by atoms with Gasteiger partial charge in [0, 0.05) is 22.3 Å². The van der Waals surface area contributed by atoms with Gasteiger partial charge >= 0.3 is 11.9 Å². The lowest BCUT2D eigenvalue weighted by atomic mass is 9.94. The second kappa shape index (κ2) is 12.7. The van der Waals surface area contributed by atoms with Gasteiger partial charge in [-0.2, -0.15) is 0 Å². The van der Waals surface area contributed by atoms with Gasteiger partial charge < -0.3 is 20.1 Å². The third kappa shape index (κ3) is 7.44. The Hall–Kier alpha value is -4.20. The maximum absolute atomic E-state index is 12.8. The van der Waals surface area contributed by atoms with Crippen LogP contribution in [0.25, 0.3) is 11.1 Å². The summed E-state index contributed by atoms with van der Waals surface area (Å²) in [6.45, 7) is 10.3. The molecule has 2 N–H and O–H groups in total. The van der Waals surface area contributed by atoms with Gasteiger partial charge in [0.05, 0.1) is 13.1 Å². The van der Waals surface area contributed by atoms with E-state index in [9.17, 15) is 19.2 Å². The third-order valence-electron chi connectivity index (χ3n) is 4.57. The van der Waals surface area contributed by atoms with Gasteiger partial charge in [-0.15, -0.1) is 0 Å². The van der Waals surface area contributed by atoms with E-state index in [0.717, 1.165) is 0 Å². The van der Waals surface area contributed by atoms with Crippen LogP contribution in [0, 0.1) is 0 Å². The van der Waals surface area contributed by atoms with E-state index in [-0.39, 0.29) is 49.3 Å². The molecule has 0 bridgehead atoms. The fraction of sp³-hybridized carbons (Fsp3) is 0.231. The highest BCUT2D eigenvalue weighted by molar-refractivity contribution is 6.06. The zero-order valence-corrected chi connectivity index (χ0v) is 19.3. The molecule has 8 nitrogen and oxygen atoms in total. The molecule has 0 aliphatic rings. The van der Waals surface area contributed by atoms with Crippen molar-refractivity contribution in [3.8, 4) is 11.1 Å². The van der Waals surface area contributed by atoms with Gasteiger partial charge in [0.25, 0.3) is 11.8 Å². The Morgan fingerprint density at radius 1 is 0.676 bits per heavy atom. The molecule has 34 heavy (non-hydrogen) atoms. The number of hydrogen-bond acceptors (Lipinski definition) is 6. The first-order valence-electron chi connectivity index (χ1n) is 10.6. The Kier molecular flexibility index (Phi) is 9.76. The van der Waals surface area contributed by atoms with Crippen LogP contribution in [-0.2, 0) is 19.1 Å². The molecular formula is C26H28N2O6. The van der Waals surface area contributed by atoms with Crippen LogP contribution in [0.3, 0.4) is 0 Å². The predicted octanol–water partition coefficient (Wildman–Crippen LogP) is 3.05. The zero-order chi connectivity index (χ0) is 25.1. The molecule has 178 valence electrons. The van der Waals surface area contributed by atoms with Crippen LogP contribution in [0.4, 0.5) is 0 Å². The highest BCUT2D eigenvalue weighted by Gasteiger charge is 2.18. The van der Waals surface area contributed by atoms with E-state index in [1.807, 2.05) is 0 Å². The van der Waals surface area contributed by atoms with E-state index in [4.69, 9.17) is 9.47 Å². The molecule has 2 amide bonds. The third-order valence-corrected chi connectivity index (χ3v) is 4.57. The number of rotatable bonds is 11. The molecule has 0 spiro atoms. The number of hydrogen-bond donors (Lipinski definition) is 2. The number of nitrogens with one attached hydrogen (secondary N) is 2. The van der Waals surface area contributed by atoms with Crippen molar-refractivity contribution in [1.29, 1.82) is 0 Å². The maximum atomic E-state index is 12.8. The van der Waals surface area contributed by atoms with Crippen LogP contribution in [0.5, 0.6) is 0 Å². The molecule has 8 heteroatoms. The summed E-state index contributed by atoms with van der Waals surface area (Å²) in [6.07, 6.45) is 0. The number of carbonyl (C=O) groups excluding carboxylic acids is 4. The van der Waals surface area contributed by atoms with Crippen molar-refractivity contribution in [2.75, 3.05) is 26.3 Å². The molecule has 0 aromatic heterocycles. The Bertz CT molecular complexity index is 1020. The average molecular weight is 465 g/mol. The molecule has 0 saturated heterocycles. The lowest BCUT2D eigenvalue weighted by Crippen LogP contribution is -2.29. The molecule has 2 rings (SSSR count). The fourth-order valence-corrected chi connectivity index (χ4v) is 2.89. The molecule has 0 atom stereocenters. The molecule has 0 aliphatic carbocycles. The summed E-state index contributed by atoms with van der Waals surface area (Å²) < 4.78 is 9.97. The summed E-state index contributed by atoms with van der Waals surface area (Å²) in [5, 5.41) is 5.42. The van der Waals surface area contributed by atoms with Crippen LogP contribution in [0.15, 0.2) is 72.8 Å². The lowest BCUT2D eigenvalue weighted by molar-refractivity contribution is -0.139. The van der Waals surface area contributed by atoms with Gasteiger partial charge in [-0.25, -0.2) is 9.59 Å². The Morgan fingerprint density at radius 2 is 1.03 bits per heavy atom. The molecule has 2 aromatic rings. The average Bonchev–Trinajstić information content (AvgIpc) is 2.83. The van der Waals surface area contributed by atoms with Gasteiger partial charge in [-0.1, -0.05) is 49.6 Å². The lowest BCUT2D eigenvalue weighted by Gasteiger charge is -2.14. The summed E-state index contributed by atoms with van der Waals surface area (Å²) in [7, 11) is 0. The summed E-state index contributed by atoms with van der Waals surface area (Å²) in [5.41, 5.74) is 2.42. The molecule has 0 saturated carbocycles. The molecule has 0 radical (unpaired) electrons. The van der Waals surface area contributed by atoms with E-state index >= 15 is 0 Å². The van der Waals surface area contributed by atoms with Crippen LogP contribution in [0.1, 0.15) is 34.6 Å². The molecule has 0 fully saturated rings. The number of benzene rings is 2. The van der Waals surface area contributed by atoms with Crippen LogP contribution < -0.4 is 10.6 Å². The largest absolute Gasteiger partial charge is 0.460 e. The predicted molar refractivity (Wildman–Crippen MR) is 128 cm³/mol. The minimum atomic E-state index is -0.524.